The fourth-order valence-corrected chi connectivity index (χ4v) is 1.87. The lowest BCUT2D eigenvalue weighted by atomic mass is 10.3. The van der Waals surface area contributed by atoms with E-state index in [4.69, 9.17) is 9.15 Å². The van der Waals surface area contributed by atoms with Crippen molar-refractivity contribution in [3.05, 3.63) is 53.7 Å². The molecule has 1 N–H and O–H groups in total. The van der Waals surface area contributed by atoms with Crippen LogP contribution in [0.2, 0.25) is 0 Å². The van der Waals surface area contributed by atoms with E-state index in [1.165, 1.54) is 24.3 Å². The van der Waals surface area contributed by atoms with Crippen molar-refractivity contribution >= 4 is 5.91 Å². The minimum absolute atomic E-state index is 0.178. The number of nitrogens with zero attached hydrogens (tertiary/aromatic N) is 1. The maximum Gasteiger partial charge on any atom is 0.287 e. The van der Waals surface area contributed by atoms with Gasteiger partial charge >= 0.3 is 0 Å². The van der Waals surface area contributed by atoms with Crippen LogP contribution in [0.25, 0.3) is 0 Å². The lowest BCUT2D eigenvalue weighted by molar-refractivity contribution is 0.0918. The molecule has 1 heterocycles. The van der Waals surface area contributed by atoms with Gasteiger partial charge in [-0.05, 0) is 50.0 Å². The summed E-state index contributed by atoms with van der Waals surface area (Å²) in [5.41, 5.74) is 0. The smallest absolute Gasteiger partial charge is 0.287 e. The Balaban J connectivity index is 1.80. The molecular weight excluding hydrogens is 299 g/mol. The van der Waals surface area contributed by atoms with Crippen LogP contribution in [0.1, 0.15) is 23.2 Å². The van der Waals surface area contributed by atoms with Gasteiger partial charge in [-0.15, -0.1) is 0 Å². The van der Waals surface area contributed by atoms with Gasteiger partial charge < -0.3 is 19.4 Å². The Labute approximate surface area is 135 Å². The Bertz CT molecular complexity index is 625. The highest BCUT2D eigenvalue weighted by molar-refractivity contribution is 5.91. The topological polar surface area (TPSA) is 54.7 Å². The molecule has 2 aromatic rings. The Kier molecular flexibility index (Phi) is 6.17. The van der Waals surface area contributed by atoms with Gasteiger partial charge in [0.05, 0.1) is 0 Å². The SMILES string of the molecule is CCN(C)CCNC(=O)c1ccc(COc2ccc(F)cc2)o1. The number of hydrogen-bond donors (Lipinski definition) is 1. The summed E-state index contributed by atoms with van der Waals surface area (Å²) in [5, 5.41) is 2.80. The second-order valence-electron chi connectivity index (χ2n) is 5.16. The van der Waals surface area contributed by atoms with Gasteiger partial charge in [0.15, 0.2) is 5.76 Å². The molecule has 0 saturated heterocycles. The first-order valence-corrected chi connectivity index (χ1v) is 7.52. The first-order valence-electron chi connectivity index (χ1n) is 7.52. The predicted molar refractivity (Wildman–Crippen MR) is 84.9 cm³/mol. The number of carbonyl (C=O) groups excluding carboxylic acids is 1. The van der Waals surface area contributed by atoms with Crippen LogP contribution in [0.5, 0.6) is 5.75 Å². The number of amides is 1. The van der Waals surface area contributed by atoms with Gasteiger partial charge in [-0.3, -0.25) is 4.79 Å². The summed E-state index contributed by atoms with van der Waals surface area (Å²) >= 11 is 0. The van der Waals surface area contributed by atoms with E-state index in [-0.39, 0.29) is 24.1 Å². The molecule has 2 rings (SSSR count). The van der Waals surface area contributed by atoms with Crippen molar-refractivity contribution in [1.82, 2.24) is 10.2 Å². The van der Waals surface area contributed by atoms with Crippen molar-refractivity contribution in [2.24, 2.45) is 0 Å². The van der Waals surface area contributed by atoms with E-state index in [1.54, 1.807) is 12.1 Å². The highest BCUT2D eigenvalue weighted by Crippen LogP contribution is 2.15. The summed E-state index contributed by atoms with van der Waals surface area (Å²) in [4.78, 5) is 14.0. The van der Waals surface area contributed by atoms with Crippen molar-refractivity contribution < 1.29 is 18.3 Å². The second kappa shape index (κ2) is 8.33. The van der Waals surface area contributed by atoms with E-state index >= 15 is 0 Å². The van der Waals surface area contributed by atoms with Crippen LogP contribution in [0.4, 0.5) is 4.39 Å². The van der Waals surface area contributed by atoms with E-state index in [0.29, 0.717) is 18.1 Å². The number of carbonyl (C=O) groups is 1. The van der Waals surface area contributed by atoms with Gasteiger partial charge in [-0.2, -0.15) is 0 Å². The number of furan rings is 1. The lowest BCUT2D eigenvalue weighted by Gasteiger charge is -2.13. The molecule has 0 aliphatic carbocycles. The summed E-state index contributed by atoms with van der Waals surface area (Å²) in [6.07, 6.45) is 0. The maximum atomic E-state index is 12.8. The minimum atomic E-state index is -0.317. The van der Waals surface area contributed by atoms with E-state index in [2.05, 4.69) is 17.1 Å². The molecule has 1 aromatic heterocycles. The van der Waals surface area contributed by atoms with Crippen molar-refractivity contribution in [2.45, 2.75) is 13.5 Å². The number of ether oxygens (including phenoxy) is 1. The molecule has 1 aromatic carbocycles. The predicted octanol–water partition coefficient (Wildman–Crippen LogP) is 2.68. The summed E-state index contributed by atoms with van der Waals surface area (Å²) in [7, 11) is 1.99. The molecule has 0 aliphatic rings. The highest BCUT2D eigenvalue weighted by atomic mass is 19.1. The fourth-order valence-electron chi connectivity index (χ4n) is 1.87. The maximum absolute atomic E-state index is 12.8. The average molecular weight is 320 g/mol. The van der Waals surface area contributed by atoms with Crippen molar-refractivity contribution in [1.29, 1.82) is 0 Å². The molecule has 0 atom stereocenters. The molecule has 0 spiro atoms. The molecule has 0 fully saturated rings. The molecular formula is C17H21FN2O3. The normalized spacial score (nSPS) is 10.8. The first-order chi connectivity index (χ1) is 11.1. The first kappa shape index (κ1) is 17.0. The Morgan fingerprint density at radius 3 is 2.70 bits per heavy atom. The lowest BCUT2D eigenvalue weighted by Crippen LogP contribution is -2.32. The van der Waals surface area contributed by atoms with Crippen LogP contribution in [0.3, 0.4) is 0 Å². The van der Waals surface area contributed by atoms with Crippen LogP contribution in [-0.4, -0.2) is 37.5 Å². The Hall–Kier alpha value is -2.34. The molecule has 1 amide bonds. The van der Waals surface area contributed by atoms with Gasteiger partial charge in [-0.25, -0.2) is 4.39 Å². The molecule has 23 heavy (non-hydrogen) atoms. The van der Waals surface area contributed by atoms with Crippen LogP contribution in [0, 0.1) is 5.82 Å². The number of nitrogens with one attached hydrogen (secondary N) is 1. The molecule has 0 bridgehead atoms. The van der Waals surface area contributed by atoms with Crippen molar-refractivity contribution in [2.75, 3.05) is 26.7 Å². The van der Waals surface area contributed by atoms with E-state index in [0.717, 1.165) is 13.1 Å². The number of likely N-dealkylation sites (N-methyl/N-ethyl adjacent to an activating group) is 1. The zero-order valence-electron chi connectivity index (χ0n) is 13.3. The Morgan fingerprint density at radius 1 is 1.26 bits per heavy atom. The molecule has 5 nitrogen and oxygen atoms in total. The third kappa shape index (κ3) is 5.41. The standard InChI is InChI=1S/C17H21FN2O3/c1-3-20(2)11-10-19-17(21)16-9-8-15(23-16)12-22-14-6-4-13(18)5-7-14/h4-9H,3,10-12H2,1-2H3,(H,19,21). The van der Waals surface area contributed by atoms with Crippen molar-refractivity contribution in [3.8, 4) is 5.75 Å². The molecule has 0 radical (unpaired) electrons. The monoisotopic (exact) mass is 320 g/mol. The summed E-state index contributed by atoms with van der Waals surface area (Å²) in [5.74, 6) is 0.758. The quantitative estimate of drug-likeness (QED) is 0.812. The van der Waals surface area contributed by atoms with Crippen LogP contribution in [-0.2, 0) is 6.61 Å². The fraction of sp³-hybridized carbons (Fsp3) is 0.353. The second-order valence-corrected chi connectivity index (χ2v) is 5.16. The molecule has 0 unspecified atom stereocenters. The number of halogens is 1. The summed E-state index contributed by atoms with van der Waals surface area (Å²) in [6, 6.07) is 9.03. The van der Waals surface area contributed by atoms with E-state index in [9.17, 15) is 9.18 Å². The molecule has 124 valence electrons. The number of hydrogen-bond acceptors (Lipinski definition) is 4. The van der Waals surface area contributed by atoms with Crippen molar-refractivity contribution in [3.63, 3.8) is 0 Å². The van der Waals surface area contributed by atoms with E-state index in [1.807, 2.05) is 7.05 Å². The van der Waals surface area contributed by atoms with Crippen LogP contribution < -0.4 is 10.1 Å². The largest absolute Gasteiger partial charge is 0.486 e. The third-order valence-corrected chi connectivity index (χ3v) is 3.40. The zero-order valence-corrected chi connectivity index (χ0v) is 13.3. The summed E-state index contributed by atoms with van der Waals surface area (Å²) in [6.45, 7) is 4.51. The minimum Gasteiger partial charge on any atom is -0.486 e. The third-order valence-electron chi connectivity index (χ3n) is 3.40. The Morgan fingerprint density at radius 2 is 2.00 bits per heavy atom. The van der Waals surface area contributed by atoms with Gasteiger partial charge in [0.2, 0.25) is 0 Å². The summed E-state index contributed by atoms with van der Waals surface area (Å²) < 4.78 is 23.7. The molecule has 0 aliphatic heterocycles. The zero-order chi connectivity index (χ0) is 16.7. The molecule has 6 heteroatoms. The van der Waals surface area contributed by atoms with E-state index < -0.39 is 0 Å². The number of rotatable bonds is 8. The van der Waals surface area contributed by atoms with Gasteiger partial charge in [0, 0.05) is 13.1 Å². The van der Waals surface area contributed by atoms with Crippen LogP contribution in [0.15, 0.2) is 40.8 Å². The van der Waals surface area contributed by atoms with Gasteiger partial charge in [-0.1, -0.05) is 6.92 Å². The van der Waals surface area contributed by atoms with Crippen LogP contribution >= 0.6 is 0 Å². The average Bonchev–Trinajstić information content (AvgIpc) is 3.03. The van der Waals surface area contributed by atoms with Gasteiger partial charge in [0.25, 0.3) is 5.91 Å². The molecule has 0 saturated carbocycles. The number of benzene rings is 1. The van der Waals surface area contributed by atoms with Gasteiger partial charge in [0.1, 0.15) is 23.9 Å². The highest BCUT2D eigenvalue weighted by Gasteiger charge is 2.11.